The van der Waals surface area contributed by atoms with Crippen LogP contribution in [0.4, 0.5) is 0 Å². The molecule has 0 atom stereocenters. The van der Waals surface area contributed by atoms with Crippen LogP contribution in [0, 0.1) is 0 Å². The van der Waals surface area contributed by atoms with E-state index in [2.05, 4.69) is 60.7 Å². The van der Waals surface area contributed by atoms with Crippen LogP contribution in [0.25, 0.3) is 32.3 Å². The SMILES string of the molecule is [B]c1c2ccccc2cc2c1ccc1ccccc12. The van der Waals surface area contributed by atoms with Crippen molar-refractivity contribution in [3.8, 4) is 0 Å². The largest absolute Gasteiger partial charge is 0.115 e. The Morgan fingerprint density at radius 2 is 1.21 bits per heavy atom. The van der Waals surface area contributed by atoms with E-state index in [1.807, 2.05) is 6.07 Å². The summed E-state index contributed by atoms with van der Waals surface area (Å²) in [6, 6.07) is 23.2. The van der Waals surface area contributed by atoms with Gasteiger partial charge in [-0.3, -0.25) is 0 Å². The van der Waals surface area contributed by atoms with E-state index in [1.54, 1.807) is 0 Å². The molecular formula is C18H11B. The lowest BCUT2D eigenvalue weighted by Crippen LogP contribution is -2.05. The van der Waals surface area contributed by atoms with E-state index in [-0.39, 0.29) is 0 Å². The predicted octanol–water partition coefficient (Wildman–Crippen LogP) is 3.94. The Bertz CT molecular complexity index is 922. The van der Waals surface area contributed by atoms with Gasteiger partial charge in [0.1, 0.15) is 7.85 Å². The minimum Gasteiger partial charge on any atom is -0.0813 e. The van der Waals surface area contributed by atoms with Gasteiger partial charge < -0.3 is 0 Å². The number of rotatable bonds is 0. The Morgan fingerprint density at radius 1 is 0.526 bits per heavy atom. The normalized spacial score (nSPS) is 11.4. The third-order valence-electron chi connectivity index (χ3n) is 3.81. The Labute approximate surface area is 113 Å². The van der Waals surface area contributed by atoms with Crippen LogP contribution in [0.3, 0.4) is 0 Å². The van der Waals surface area contributed by atoms with Gasteiger partial charge >= 0.3 is 0 Å². The quantitative estimate of drug-likeness (QED) is 0.247. The molecule has 1 heteroatoms. The third-order valence-corrected chi connectivity index (χ3v) is 3.81. The fraction of sp³-hybridized carbons (Fsp3) is 0. The number of benzene rings is 4. The minimum atomic E-state index is 0.874. The van der Waals surface area contributed by atoms with Crippen LogP contribution in [0.1, 0.15) is 0 Å². The second kappa shape index (κ2) is 3.86. The molecule has 0 aliphatic carbocycles. The zero-order valence-corrected chi connectivity index (χ0v) is 10.4. The van der Waals surface area contributed by atoms with Crippen molar-refractivity contribution >= 4 is 45.6 Å². The maximum Gasteiger partial charge on any atom is 0.115 e. The van der Waals surface area contributed by atoms with Crippen molar-refractivity contribution in [2.45, 2.75) is 0 Å². The summed E-state index contributed by atoms with van der Waals surface area (Å²) in [4.78, 5) is 0. The summed E-state index contributed by atoms with van der Waals surface area (Å²) >= 11 is 0. The first-order valence-corrected chi connectivity index (χ1v) is 6.43. The van der Waals surface area contributed by atoms with Crippen molar-refractivity contribution in [2.24, 2.45) is 0 Å². The van der Waals surface area contributed by atoms with Crippen LogP contribution in [0.15, 0.2) is 66.7 Å². The van der Waals surface area contributed by atoms with Gasteiger partial charge in [0.05, 0.1) is 0 Å². The van der Waals surface area contributed by atoms with Crippen molar-refractivity contribution in [3.05, 3.63) is 66.7 Å². The molecule has 0 amide bonds. The van der Waals surface area contributed by atoms with Gasteiger partial charge in [-0.05, 0) is 38.4 Å². The van der Waals surface area contributed by atoms with Crippen LogP contribution >= 0.6 is 0 Å². The molecule has 0 nitrogen and oxygen atoms in total. The van der Waals surface area contributed by atoms with Gasteiger partial charge in [-0.25, -0.2) is 0 Å². The van der Waals surface area contributed by atoms with Gasteiger partial charge in [0.15, 0.2) is 0 Å². The summed E-state index contributed by atoms with van der Waals surface area (Å²) in [5.74, 6) is 0. The summed E-state index contributed by atoms with van der Waals surface area (Å²) in [6.07, 6.45) is 0. The van der Waals surface area contributed by atoms with Crippen molar-refractivity contribution in [2.75, 3.05) is 0 Å². The van der Waals surface area contributed by atoms with Crippen LogP contribution in [0.5, 0.6) is 0 Å². The minimum absolute atomic E-state index is 0.874. The van der Waals surface area contributed by atoms with Crippen LogP contribution in [-0.2, 0) is 0 Å². The lowest BCUT2D eigenvalue weighted by Gasteiger charge is -2.10. The molecule has 0 spiro atoms. The Balaban J connectivity index is 2.32. The molecule has 0 aromatic heterocycles. The smallest absolute Gasteiger partial charge is 0.0813 e. The lowest BCUT2D eigenvalue weighted by molar-refractivity contribution is 1.79. The van der Waals surface area contributed by atoms with Gasteiger partial charge in [-0.1, -0.05) is 66.1 Å². The Morgan fingerprint density at radius 3 is 2.05 bits per heavy atom. The monoisotopic (exact) mass is 238 g/mol. The second-order valence-corrected chi connectivity index (χ2v) is 4.89. The third kappa shape index (κ3) is 1.48. The van der Waals surface area contributed by atoms with Gasteiger partial charge in [0.2, 0.25) is 0 Å². The maximum atomic E-state index is 6.35. The first-order valence-electron chi connectivity index (χ1n) is 6.43. The summed E-state index contributed by atoms with van der Waals surface area (Å²) in [6.45, 7) is 0. The van der Waals surface area contributed by atoms with Gasteiger partial charge in [-0.15, -0.1) is 0 Å². The van der Waals surface area contributed by atoms with E-state index in [4.69, 9.17) is 7.85 Å². The van der Waals surface area contributed by atoms with E-state index in [9.17, 15) is 0 Å². The molecule has 0 aliphatic heterocycles. The number of hydrogen-bond acceptors (Lipinski definition) is 0. The average Bonchev–Trinajstić information content (AvgIpc) is 2.47. The first kappa shape index (κ1) is 10.6. The summed E-state index contributed by atoms with van der Waals surface area (Å²) in [5, 5.41) is 7.21. The van der Waals surface area contributed by atoms with E-state index in [0.717, 1.165) is 16.2 Å². The molecule has 0 fully saturated rings. The standard InChI is InChI=1S/C18H11B/c19-18-15-8-4-2-6-13(15)11-17-14-7-3-1-5-12(14)9-10-16(17)18/h1-11H. The summed E-state index contributed by atoms with van der Waals surface area (Å²) in [7, 11) is 6.35. The highest BCUT2D eigenvalue weighted by Gasteiger charge is 2.05. The van der Waals surface area contributed by atoms with Gasteiger partial charge in [0, 0.05) is 0 Å². The molecule has 4 rings (SSSR count). The molecular weight excluding hydrogens is 227 g/mol. The van der Waals surface area contributed by atoms with Crippen molar-refractivity contribution < 1.29 is 0 Å². The Hall–Kier alpha value is -2.28. The molecule has 2 radical (unpaired) electrons. The molecule has 4 aromatic carbocycles. The highest BCUT2D eigenvalue weighted by Crippen LogP contribution is 2.27. The molecule has 0 N–H and O–H groups in total. The van der Waals surface area contributed by atoms with Crippen LogP contribution < -0.4 is 5.46 Å². The van der Waals surface area contributed by atoms with E-state index >= 15 is 0 Å². The molecule has 0 aliphatic rings. The molecule has 86 valence electrons. The summed E-state index contributed by atoms with van der Waals surface area (Å²) in [5.41, 5.74) is 0.874. The Kier molecular flexibility index (Phi) is 2.16. The zero-order valence-electron chi connectivity index (χ0n) is 10.4. The number of fused-ring (bicyclic) bond motifs is 4. The molecule has 4 aromatic rings. The maximum absolute atomic E-state index is 6.35. The molecule has 0 heterocycles. The molecule has 0 saturated carbocycles. The topological polar surface area (TPSA) is 0 Å². The lowest BCUT2D eigenvalue weighted by atomic mass is 9.84. The fourth-order valence-electron chi connectivity index (χ4n) is 2.85. The van der Waals surface area contributed by atoms with E-state index in [0.29, 0.717) is 0 Å². The fourth-order valence-corrected chi connectivity index (χ4v) is 2.85. The van der Waals surface area contributed by atoms with Crippen LogP contribution in [0.2, 0.25) is 0 Å². The molecule has 0 bridgehead atoms. The molecule has 0 unspecified atom stereocenters. The highest BCUT2D eigenvalue weighted by molar-refractivity contribution is 6.46. The van der Waals surface area contributed by atoms with Crippen molar-refractivity contribution in [1.82, 2.24) is 0 Å². The average molecular weight is 238 g/mol. The van der Waals surface area contributed by atoms with E-state index < -0.39 is 0 Å². The zero-order chi connectivity index (χ0) is 12.8. The van der Waals surface area contributed by atoms with Gasteiger partial charge in [-0.2, -0.15) is 0 Å². The molecule has 0 saturated heterocycles. The summed E-state index contributed by atoms with van der Waals surface area (Å²) < 4.78 is 0. The first-order chi connectivity index (χ1) is 9.34. The molecule has 19 heavy (non-hydrogen) atoms. The predicted molar refractivity (Wildman–Crippen MR) is 84.3 cm³/mol. The van der Waals surface area contributed by atoms with Gasteiger partial charge in [0.25, 0.3) is 0 Å². The van der Waals surface area contributed by atoms with Crippen molar-refractivity contribution in [1.29, 1.82) is 0 Å². The highest BCUT2D eigenvalue weighted by atomic mass is 14.1. The second-order valence-electron chi connectivity index (χ2n) is 4.89. The van der Waals surface area contributed by atoms with E-state index in [1.165, 1.54) is 21.5 Å². The van der Waals surface area contributed by atoms with Crippen molar-refractivity contribution in [3.63, 3.8) is 0 Å². The number of hydrogen-bond donors (Lipinski definition) is 0. The van der Waals surface area contributed by atoms with Crippen LogP contribution in [-0.4, -0.2) is 7.85 Å².